The molecule has 24 heavy (non-hydrogen) atoms. The molecular weight excluding hydrogens is 332 g/mol. The van der Waals surface area contributed by atoms with Gasteiger partial charge in [-0.25, -0.2) is 0 Å². The zero-order valence-electron chi connectivity index (χ0n) is 13.0. The fraction of sp³-hybridized carbons (Fsp3) is 1.00. The van der Waals surface area contributed by atoms with Crippen molar-refractivity contribution in [3.63, 3.8) is 0 Å². The van der Waals surface area contributed by atoms with Crippen LogP contribution in [0, 0.1) is 0 Å². The monoisotopic (exact) mass is 356 g/mol. The summed E-state index contributed by atoms with van der Waals surface area (Å²) in [4.78, 5) is 0. The quantitative estimate of drug-likeness (QED) is 0.251. The van der Waals surface area contributed by atoms with Crippen molar-refractivity contribution in [2.24, 2.45) is 0 Å². The van der Waals surface area contributed by atoms with E-state index < -0.39 is 74.6 Å². The molecular formula is C13H24O11. The SMILES string of the molecule is COC1O[C@@H](CO)[C@H](O[C@H]2O[C@@H](CO)[C@@H](O)[C@@H](O)[C@@H]2O)[C@@H](O)[C@@H]1O. The van der Waals surface area contributed by atoms with Crippen molar-refractivity contribution in [1.29, 1.82) is 0 Å². The van der Waals surface area contributed by atoms with Gasteiger partial charge in [0.15, 0.2) is 12.6 Å². The summed E-state index contributed by atoms with van der Waals surface area (Å²) in [5.74, 6) is 0. The highest BCUT2D eigenvalue weighted by atomic mass is 16.7. The molecule has 2 saturated heterocycles. The minimum atomic E-state index is -1.69. The first-order valence-electron chi connectivity index (χ1n) is 7.46. The lowest BCUT2D eigenvalue weighted by molar-refractivity contribution is -0.357. The molecule has 10 atom stereocenters. The molecule has 2 rings (SSSR count). The van der Waals surface area contributed by atoms with Gasteiger partial charge in [-0.2, -0.15) is 0 Å². The van der Waals surface area contributed by atoms with Gasteiger partial charge >= 0.3 is 0 Å². The fourth-order valence-corrected chi connectivity index (χ4v) is 2.75. The minimum absolute atomic E-state index is 0.592. The lowest BCUT2D eigenvalue weighted by Crippen LogP contribution is -2.64. The van der Waals surface area contributed by atoms with Gasteiger partial charge in [-0.3, -0.25) is 0 Å². The minimum Gasteiger partial charge on any atom is -0.394 e. The molecule has 7 N–H and O–H groups in total. The summed E-state index contributed by atoms with van der Waals surface area (Å²) in [5, 5.41) is 68.0. The maximum absolute atomic E-state index is 10.2. The summed E-state index contributed by atoms with van der Waals surface area (Å²) in [6.07, 6.45) is -14.3. The van der Waals surface area contributed by atoms with E-state index >= 15 is 0 Å². The van der Waals surface area contributed by atoms with E-state index in [1.807, 2.05) is 0 Å². The van der Waals surface area contributed by atoms with E-state index in [0.29, 0.717) is 0 Å². The lowest BCUT2D eigenvalue weighted by Gasteiger charge is -2.45. The maximum Gasteiger partial charge on any atom is 0.187 e. The van der Waals surface area contributed by atoms with Crippen molar-refractivity contribution >= 4 is 0 Å². The van der Waals surface area contributed by atoms with E-state index in [0.717, 1.165) is 0 Å². The van der Waals surface area contributed by atoms with Crippen LogP contribution in [-0.4, -0.2) is 117 Å². The van der Waals surface area contributed by atoms with Gasteiger partial charge in [-0.05, 0) is 0 Å². The van der Waals surface area contributed by atoms with Crippen molar-refractivity contribution in [1.82, 2.24) is 0 Å². The van der Waals surface area contributed by atoms with Gasteiger partial charge in [0.05, 0.1) is 13.2 Å². The van der Waals surface area contributed by atoms with E-state index in [9.17, 15) is 30.6 Å². The highest BCUT2D eigenvalue weighted by Crippen LogP contribution is 2.29. The van der Waals surface area contributed by atoms with Crippen molar-refractivity contribution < 1.29 is 54.7 Å². The first-order chi connectivity index (χ1) is 11.3. The first-order valence-corrected chi connectivity index (χ1v) is 7.46. The maximum atomic E-state index is 10.2. The molecule has 142 valence electrons. The smallest absolute Gasteiger partial charge is 0.187 e. The van der Waals surface area contributed by atoms with E-state index in [-0.39, 0.29) is 0 Å². The van der Waals surface area contributed by atoms with Crippen LogP contribution < -0.4 is 0 Å². The predicted octanol–water partition coefficient (Wildman–Crippen LogP) is -4.74. The zero-order chi connectivity index (χ0) is 18.0. The topological polar surface area (TPSA) is 179 Å². The largest absolute Gasteiger partial charge is 0.394 e. The molecule has 0 bridgehead atoms. The van der Waals surface area contributed by atoms with Crippen molar-refractivity contribution in [2.45, 2.75) is 61.4 Å². The number of aliphatic hydroxyl groups excluding tert-OH is 7. The first kappa shape index (κ1) is 19.9. The number of hydrogen-bond donors (Lipinski definition) is 7. The van der Waals surface area contributed by atoms with Crippen LogP contribution in [0.5, 0.6) is 0 Å². The Morgan fingerprint density at radius 1 is 0.708 bits per heavy atom. The molecule has 0 amide bonds. The molecule has 2 aliphatic rings. The summed E-state index contributed by atoms with van der Waals surface area (Å²) < 4.78 is 20.6. The fourth-order valence-electron chi connectivity index (χ4n) is 2.75. The van der Waals surface area contributed by atoms with Gasteiger partial charge in [-0.15, -0.1) is 0 Å². The van der Waals surface area contributed by atoms with Crippen LogP contribution in [0.2, 0.25) is 0 Å². The Labute approximate surface area is 137 Å². The second-order valence-corrected chi connectivity index (χ2v) is 5.74. The molecule has 11 heteroatoms. The molecule has 0 aromatic heterocycles. The Morgan fingerprint density at radius 2 is 1.25 bits per heavy atom. The average Bonchev–Trinajstić information content (AvgIpc) is 2.59. The number of aliphatic hydroxyl groups is 7. The molecule has 0 spiro atoms. The summed E-state index contributed by atoms with van der Waals surface area (Å²) in [5.41, 5.74) is 0. The van der Waals surface area contributed by atoms with Gasteiger partial charge in [-0.1, -0.05) is 0 Å². The number of methoxy groups -OCH3 is 1. The molecule has 2 aliphatic heterocycles. The Balaban J connectivity index is 2.12. The average molecular weight is 356 g/mol. The molecule has 0 aromatic carbocycles. The van der Waals surface area contributed by atoms with E-state index in [1.165, 1.54) is 7.11 Å². The van der Waals surface area contributed by atoms with Crippen LogP contribution in [0.25, 0.3) is 0 Å². The highest BCUT2D eigenvalue weighted by molar-refractivity contribution is 4.93. The molecule has 0 aromatic rings. The standard InChI is InChI=1S/C13H24O11/c1-21-12-10(20)8(18)11(5(3-15)23-12)24-13-9(19)7(17)6(16)4(2-14)22-13/h4-20H,2-3H2,1H3/t4-,5-,6+,7+,8-,9-,10-,11-,12?,13+/m0/s1. The number of hydrogen-bond acceptors (Lipinski definition) is 11. The summed E-state index contributed by atoms with van der Waals surface area (Å²) in [6, 6.07) is 0. The molecule has 11 nitrogen and oxygen atoms in total. The van der Waals surface area contributed by atoms with Crippen LogP contribution in [0.4, 0.5) is 0 Å². The van der Waals surface area contributed by atoms with Gasteiger partial charge in [0.25, 0.3) is 0 Å². The molecule has 1 unspecified atom stereocenters. The molecule has 0 radical (unpaired) electrons. The van der Waals surface area contributed by atoms with Crippen molar-refractivity contribution in [3.05, 3.63) is 0 Å². The van der Waals surface area contributed by atoms with Crippen molar-refractivity contribution in [2.75, 3.05) is 20.3 Å². The Morgan fingerprint density at radius 3 is 1.79 bits per heavy atom. The number of ether oxygens (including phenoxy) is 4. The van der Waals surface area contributed by atoms with Crippen LogP contribution in [0.15, 0.2) is 0 Å². The van der Waals surface area contributed by atoms with Gasteiger partial charge < -0.3 is 54.7 Å². The highest BCUT2D eigenvalue weighted by Gasteiger charge is 2.50. The summed E-state index contributed by atoms with van der Waals surface area (Å²) in [7, 11) is 1.24. The van der Waals surface area contributed by atoms with Gasteiger partial charge in [0, 0.05) is 7.11 Å². The van der Waals surface area contributed by atoms with Gasteiger partial charge in [0.1, 0.15) is 48.8 Å². The molecule has 0 aliphatic carbocycles. The molecule has 2 fully saturated rings. The van der Waals surface area contributed by atoms with E-state index in [4.69, 9.17) is 24.1 Å². The summed E-state index contributed by atoms with van der Waals surface area (Å²) in [6.45, 7) is -1.24. The third kappa shape index (κ3) is 3.71. The third-order valence-electron chi connectivity index (χ3n) is 4.19. The zero-order valence-corrected chi connectivity index (χ0v) is 13.0. The van der Waals surface area contributed by atoms with E-state index in [1.54, 1.807) is 0 Å². The summed E-state index contributed by atoms with van der Waals surface area (Å²) >= 11 is 0. The Bertz CT molecular complexity index is 392. The number of rotatable bonds is 5. The lowest BCUT2D eigenvalue weighted by atomic mass is 9.97. The van der Waals surface area contributed by atoms with Crippen molar-refractivity contribution in [3.8, 4) is 0 Å². The third-order valence-corrected chi connectivity index (χ3v) is 4.19. The second-order valence-electron chi connectivity index (χ2n) is 5.74. The second kappa shape index (κ2) is 8.29. The Hall–Kier alpha value is -0.440. The van der Waals surface area contributed by atoms with Crippen LogP contribution in [0.1, 0.15) is 0 Å². The Kier molecular flexibility index (Phi) is 6.87. The normalized spacial score (nSPS) is 50.0. The predicted molar refractivity (Wildman–Crippen MR) is 73.4 cm³/mol. The van der Waals surface area contributed by atoms with Crippen LogP contribution in [-0.2, 0) is 18.9 Å². The van der Waals surface area contributed by atoms with Crippen LogP contribution >= 0.6 is 0 Å². The molecule has 2 heterocycles. The van der Waals surface area contributed by atoms with Crippen LogP contribution in [0.3, 0.4) is 0 Å². The van der Waals surface area contributed by atoms with Gasteiger partial charge in [0.2, 0.25) is 0 Å². The van der Waals surface area contributed by atoms with E-state index in [2.05, 4.69) is 0 Å². The molecule has 0 saturated carbocycles.